The van der Waals surface area contributed by atoms with E-state index in [2.05, 4.69) is 29.5 Å². The van der Waals surface area contributed by atoms with Crippen LogP contribution < -0.4 is 0 Å². The molecule has 0 bridgehead atoms. The Hall–Kier alpha value is -1.62. The molecule has 4 nitrogen and oxygen atoms in total. The maximum Gasteiger partial charge on any atom is 0.194 e. The topological polar surface area (TPSA) is 35.1 Å². The minimum atomic E-state index is 1.06. The molecule has 1 aliphatic carbocycles. The maximum atomic E-state index is 4.85. The number of imidazole rings is 1. The van der Waals surface area contributed by atoms with Crippen LogP contribution in [0.15, 0.2) is 6.20 Å². The quantitative estimate of drug-likeness (QED) is 0.688. The van der Waals surface area contributed by atoms with Crippen LogP contribution in [0, 0.1) is 13.8 Å². The van der Waals surface area contributed by atoms with Crippen LogP contribution in [0.2, 0.25) is 0 Å². The predicted octanol–water partition coefficient (Wildman–Crippen LogP) is 3.29. The molecule has 20 heavy (non-hydrogen) atoms. The van der Waals surface area contributed by atoms with Crippen LogP contribution in [-0.4, -0.2) is 19.2 Å². The summed E-state index contributed by atoms with van der Waals surface area (Å²) in [6.07, 6.45) is 7.24. The van der Waals surface area contributed by atoms with Crippen LogP contribution in [0.5, 0.6) is 0 Å². The number of aryl methyl sites for hydroxylation is 4. The molecule has 0 aromatic carbocycles. The van der Waals surface area contributed by atoms with Crippen LogP contribution in [0.25, 0.3) is 16.2 Å². The standard InChI is InChI=1S/C15H18N4S/c1-9-14(10(2)18(3)17-9)11-8-19-12-6-4-5-7-13(12)20-15(19)16-11/h8H,4-7H2,1-3H3. The molecule has 0 atom stereocenters. The fourth-order valence-electron chi connectivity index (χ4n) is 3.23. The highest BCUT2D eigenvalue weighted by Crippen LogP contribution is 2.33. The molecule has 1 aliphatic rings. The molecule has 0 radical (unpaired) electrons. The Morgan fingerprint density at radius 3 is 2.75 bits per heavy atom. The van der Waals surface area contributed by atoms with Crippen molar-refractivity contribution in [1.82, 2.24) is 19.2 Å². The molecule has 3 aromatic rings. The monoisotopic (exact) mass is 286 g/mol. The number of hydrogen-bond acceptors (Lipinski definition) is 3. The second-order valence-corrected chi connectivity index (χ2v) is 6.69. The second kappa shape index (κ2) is 4.19. The molecule has 0 saturated heterocycles. The van der Waals surface area contributed by atoms with Crippen molar-refractivity contribution in [3.05, 3.63) is 28.2 Å². The van der Waals surface area contributed by atoms with Gasteiger partial charge >= 0.3 is 0 Å². The lowest BCUT2D eigenvalue weighted by Gasteiger charge is -2.09. The number of aromatic nitrogens is 4. The average molecular weight is 286 g/mol. The van der Waals surface area contributed by atoms with E-state index in [0.717, 1.165) is 16.3 Å². The van der Waals surface area contributed by atoms with Gasteiger partial charge in [0.15, 0.2) is 4.96 Å². The fraction of sp³-hybridized carbons (Fsp3) is 0.467. The van der Waals surface area contributed by atoms with E-state index in [1.54, 1.807) is 0 Å². The van der Waals surface area contributed by atoms with Gasteiger partial charge in [-0.3, -0.25) is 9.08 Å². The smallest absolute Gasteiger partial charge is 0.194 e. The van der Waals surface area contributed by atoms with E-state index in [4.69, 9.17) is 4.98 Å². The number of fused-ring (bicyclic) bond motifs is 3. The first-order valence-electron chi connectivity index (χ1n) is 7.15. The summed E-state index contributed by atoms with van der Waals surface area (Å²) in [7, 11) is 1.99. The zero-order chi connectivity index (χ0) is 13.9. The van der Waals surface area contributed by atoms with Gasteiger partial charge in [0.2, 0.25) is 0 Å². The summed E-state index contributed by atoms with van der Waals surface area (Å²) in [6, 6.07) is 0. The minimum absolute atomic E-state index is 1.06. The summed E-state index contributed by atoms with van der Waals surface area (Å²) in [5.74, 6) is 0. The molecule has 0 amide bonds. The van der Waals surface area contributed by atoms with E-state index in [0.29, 0.717) is 0 Å². The van der Waals surface area contributed by atoms with Gasteiger partial charge in [0, 0.05) is 35.1 Å². The van der Waals surface area contributed by atoms with Crippen LogP contribution in [-0.2, 0) is 19.9 Å². The molecule has 3 heterocycles. The molecular formula is C15H18N4S. The van der Waals surface area contributed by atoms with E-state index >= 15 is 0 Å². The van der Waals surface area contributed by atoms with Gasteiger partial charge in [-0.15, -0.1) is 11.3 Å². The summed E-state index contributed by atoms with van der Waals surface area (Å²) < 4.78 is 4.24. The number of rotatable bonds is 1. The molecule has 0 aliphatic heterocycles. The summed E-state index contributed by atoms with van der Waals surface area (Å²) in [5, 5.41) is 4.50. The SMILES string of the molecule is Cc1nn(C)c(C)c1-c1cn2c3c(sc2n1)CCCC3. The van der Waals surface area contributed by atoms with E-state index < -0.39 is 0 Å². The molecule has 104 valence electrons. The number of thiazole rings is 1. The van der Waals surface area contributed by atoms with Gasteiger partial charge in [-0.1, -0.05) is 0 Å². The zero-order valence-corrected chi connectivity index (χ0v) is 12.9. The zero-order valence-electron chi connectivity index (χ0n) is 12.1. The predicted molar refractivity (Wildman–Crippen MR) is 81.4 cm³/mol. The summed E-state index contributed by atoms with van der Waals surface area (Å²) >= 11 is 1.86. The Kier molecular flexibility index (Phi) is 2.54. The molecular weight excluding hydrogens is 268 g/mol. The van der Waals surface area contributed by atoms with Crippen molar-refractivity contribution < 1.29 is 0 Å². The Balaban J connectivity index is 1.91. The Morgan fingerprint density at radius 2 is 2.00 bits per heavy atom. The summed E-state index contributed by atoms with van der Waals surface area (Å²) in [6.45, 7) is 4.17. The number of nitrogens with zero attached hydrogens (tertiary/aromatic N) is 4. The van der Waals surface area contributed by atoms with Crippen LogP contribution >= 0.6 is 11.3 Å². The van der Waals surface area contributed by atoms with Crippen molar-refractivity contribution in [2.24, 2.45) is 7.05 Å². The third-order valence-corrected chi connectivity index (χ3v) is 5.49. The molecule has 5 heteroatoms. The molecule has 0 spiro atoms. The van der Waals surface area contributed by atoms with Crippen molar-refractivity contribution in [2.45, 2.75) is 39.5 Å². The third kappa shape index (κ3) is 1.59. The lowest BCUT2D eigenvalue weighted by atomic mass is 10.0. The first-order valence-corrected chi connectivity index (χ1v) is 7.97. The lowest BCUT2D eigenvalue weighted by molar-refractivity contribution is 0.674. The summed E-state index contributed by atoms with van der Waals surface area (Å²) in [5.41, 5.74) is 5.97. The van der Waals surface area contributed by atoms with Crippen LogP contribution in [0.4, 0.5) is 0 Å². The minimum Gasteiger partial charge on any atom is -0.294 e. The highest BCUT2D eigenvalue weighted by atomic mass is 32.1. The van der Waals surface area contributed by atoms with Crippen molar-refractivity contribution in [1.29, 1.82) is 0 Å². The van der Waals surface area contributed by atoms with Gasteiger partial charge in [0.05, 0.1) is 11.4 Å². The molecule has 0 saturated carbocycles. The van der Waals surface area contributed by atoms with Crippen molar-refractivity contribution in [3.8, 4) is 11.3 Å². The van der Waals surface area contributed by atoms with Crippen molar-refractivity contribution in [3.63, 3.8) is 0 Å². The largest absolute Gasteiger partial charge is 0.294 e. The summed E-state index contributed by atoms with van der Waals surface area (Å²) in [4.78, 5) is 7.52. The maximum absolute atomic E-state index is 4.85. The Labute approximate surface area is 122 Å². The van der Waals surface area contributed by atoms with Gasteiger partial charge in [-0.25, -0.2) is 4.98 Å². The van der Waals surface area contributed by atoms with Gasteiger partial charge in [-0.2, -0.15) is 5.10 Å². The van der Waals surface area contributed by atoms with Gasteiger partial charge in [-0.05, 0) is 39.5 Å². The molecule has 0 unspecified atom stereocenters. The Morgan fingerprint density at radius 1 is 1.20 bits per heavy atom. The highest BCUT2D eigenvalue weighted by molar-refractivity contribution is 7.17. The van der Waals surface area contributed by atoms with E-state index in [-0.39, 0.29) is 0 Å². The average Bonchev–Trinajstić information content (AvgIpc) is 3.02. The van der Waals surface area contributed by atoms with Crippen molar-refractivity contribution in [2.75, 3.05) is 0 Å². The molecule has 0 N–H and O–H groups in total. The normalized spacial score (nSPS) is 14.9. The van der Waals surface area contributed by atoms with Crippen molar-refractivity contribution >= 4 is 16.3 Å². The highest BCUT2D eigenvalue weighted by Gasteiger charge is 2.20. The van der Waals surface area contributed by atoms with E-state index in [1.807, 2.05) is 23.1 Å². The first kappa shape index (κ1) is 12.1. The fourth-order valence-corrected chi connectivity index (χ4v) is 4.42. The van der Waals surface area contributed by atoms with E-state index in [9.17, 15) is 0 Å². The number of hydrogen-bond donors (Lipinski definition) is 0. The molecule has 0 fully saturated rings. The van der Waals surface area contributed by atoms with Crippen LogP contribution in [0.3, 0.4) is 0 Å². The molecule has 3 aromatic heterocycles. The first-order chi connectivity index (χ1) is 9.65. The van der Waals surface area contributed by atoms with Gasteiger partial charge in [0.1, 0.15) is 0 Å². The second-order valence-electron chi connectivity index (χ2n) is 5.63. The third-order valence-electron chi connectivity index (χ3n) is 4.33. The van der Waals surface area contributed by atoms with Gasteiger partial charge < -0.3 is 0 Å². The lowest BCUT2D eigenvalue weighted by Crippen LogP contribution is -2.01. The van der Waals surface area contributed by atoms with E-state index in [1.165, 1.54) is 47.5 Å². The Bertz CT molecular complexity index is 806. The van der Waals surface area contributed by atoms with Gasteiger partial charge in [0.25, 0.3) is 0 Å². The molecule has 4 rings (SSSR count). The van der Waals surface area contributed by atoms with Crippen LogP contribution in [0.1, 0.15) is 34.8 Å².